The Kier molecular flexibility index (Phi) is 6.76. The van der Waals surface area contributed by atoms with Crippen LogP contribution >= 0.6 is 0 Å². The van der Waals surface area contributed by atoms with Crippen molar-refractivity contribution in [1.82, 2.24) is 0 Å². The zero-order chi connectivity index (χ0) is 34.8. The Morgan fingerprint density at radius 1 is 0.462 bits per heavy atom. The maximum Gasteiger partial charge on any atom is 0.197 e. The van der Waals surface area contributed by atoms with E-state index in [0.29, 0.717) is 11.1 Å². The first kappa shape index (κ1) is 29.8. The third-order valence-electron chi connectivity index (χ3n) is 10.1. The van der Waals surface area contributed by atoms with Gasteiger partial charge in [-0.3, -0.25) is 9.59 Å². The number of hydrogen-bond donors (Lipinski definition) is 0. The Labute approximate surface area is 300 Å². The molecule has 1 aliphatic carbocycles. The number of rotatable bonds is 4. The van der Waals surface area contributed by atoms with E-state index >= 15 is 0 Å². The third-order valence-corrected chi connectivity index (χ3v) is 10.1. The molecular weight excluding hydrogens is 639 g/mol. The number of ether oxygens (including phenoxy) is 1. The van der Waals surface area contributed by atoms with Crippen LogP contribution in [0.3, 0.4) is 0 Å². The molecule has 1 heterocycles. The molecule has 2 aliphatic rings. The smallest absolute Gasteiger partial charge is 0.197 e. The lowest BCUT2D eigenvalue weighted by atomic mass is 9.96. The number of fused-ring (bicyclic) bond motifs is 6. The number of carbonyl (C=O) groups is 2. The van der Waals surface area contributed by atoms with Crippen molar-refractivity contribution in [1.29, 1.82) is 0 Å². The summed E-state index contributed by atoms with van der Waals surface area (Å²) in [6.07, 6.45) is 1.72. The fraction of sp³-hybridized carbons (Fsp3) is 0. The lowest BCUT2D eigenvalue weighted by Crippen LogP contribution is -2.16. The van der Waals surface area contributed by atoms with Gasteiger partial charge < -0.3 is 9.64 Å². The van der Waals surface area contributed by atoms with Gasteiger partial charge >= 0.3 is 0 Å². The van der Waals surface area contributed by atoms with Gasteiger partial charge in [-0.15, -0.1) is 0 Å². The Hall–Kier alpha value is -7.04. The fourth-order valence-electron chi connectivity index (χ4n) is 7.57. The normalized spacial score (nSPS) is 13.2. The summed E-state index contributed by atoms with van der Waals surface area (Å²) in [5.74, 6) is 1.03. The van der Waals surface area contributed by atoms with Crippen molar-refractivity contribution < 1.29 is 14.3 Å². The van der Waals surface area contributed by atoms with Gasteiger partial charge in [0.25, 0.3) is 0 Å². The maximum absolute atomic E-state index is 13.5. The first-order valence-corrected chi connectivity index (χ1v) is 17.3. The van der Waals surface area contributed by atoms with Crippen molar-refractivity contribution in [2.45, 2.75) is 0 Å². The number of allylic oxidation sites excluding steroid dienone is 1. The van der Waals surface area contributed by atoms with Crippen molar-refractivity contribution in [3.8, 4) is 33.8 Å². The minimum Gasteiger partial charge on any atom is -0.452 e. The Morgan fingerprint density at radius 2 is 1.06 bits per heavy atom. The van der Waals surface area contributed by atoms with E-state index in [1.165, 1.54) is 0 Å². The molecule has 10 rings (SSSR count). The van der Waals surface area contributed by atoms with Crippen molar-refractivity contribution in [3.05, 3.63) is 192 Å². The predicted molar refractivity (Wildman–Crippen MR) is 210 cm³/mol. The molecule has 8 aromatic carbocycles. The molecule has 0 unspecified atom stereocenters. The van der Waals surface area contributed by atoms with Crippen molar-refractivity contribution in [3.63, 3.8) is 0 Å². The zero-order valence-corrected chi connectivity index (χ0v) is 27.9. The highest BCUT2D eigenvalue weighted by molar-refractivity contribution is 6.42. The SMILES string of the molecule is O=C1C(=Cc2ccc3c4c(ccc3c2)N(c2cc(-c3ccccc3)cc(-c3ccccc3)c2)c2ccccc2O4)C(=O)c2cc3ccccc3cc21. The molecule has 244 valence electrons. The Morgan fingerprint density at radius 3 is 1.71 bits per heavy atom. The van der Waals surface area contributed by atoms with E-state index in [-0.39, 0.29) is 17.1 Å². The highest BCUT2D eigenvalue weighted by Crippen LogP contribution is 2.53. The van der Waals surface area contributed by atoms with Gasteiger partial charge in [0.1, 0.15) is 0 Å². The number of hydrogen-bond acceptors (Lipinski definition) is 4. The quantitative estimate of drug-likeness (QED) is 0.138. The standard InChI is InChI=1S/C48H29NO3/c50-46-40-28-33-15-7-8-16-34(33)29-41(40)47(51)42(46)24-30-19-21-39-35(23-30)20-22-44-48(39)52-45-18-10-9-17-43(45)49(44)38-26-36(31-11-3-1-4-12-31)25-37(27-38)32-13-5-2-6-14-32/h1-29H. The van der Waals surface area contributed by atoms with Crippen LogP contribution in [0, 0.1) is 0 Å². The van der Waals surface area contributed by atoms with Crippen LogP contribution in [0.25, 0.3) is 49.9 Å². The van der Waals surface area contributed by atoms with E-state index in [2.05, 4.69) is 89.8 Å². The summed E-state index contributed by atoms with van der Waals surface area (Å²) in [6, 6.07) is 57.4. The largest absolute Gasteiger partial charge is 0.452 e. The van der Waals surface area contributed by atoms with Gasteiger partial charge in [0.05, 0.1) is 16.9 Å². The third kappa shape index (κ3) is 4.84. The molecule has 0 aromatic heterocycles. The average molecular weight is 668 g/mol. The molecule has 0 atom stereocenters. The summed E-state index contributed by atoms with van der Waals surface area (Å²) in [7, 11) is 0. The monoisotopic (exact) mass is 667 g/mol. The van der Waals surface area contributed by atoms with Crippen LogP contribution in [0.1, 0.15) is 26.3 Å². The molecule has 4 nitrogen and oxygen atoms in total. The van der Waals surface area contributed by atoms with E-state index in [0.717, 1.165) is 77.9 Å². The summed E-state index contributed by atoms with van der Waals surface area (Å²) in [4.78, 5) is 29.3. The van der Waals surface area contributed by atoms with Crippen molar-refractivity contribution in [2.24, 2.45) is 0 Å². The van der Waals surface area contributed by atoms with Gasteiger partial charge in [0, 0.05) is 22.2 Å². The minimum absolute atomic E-state index is 0.187. The number of benzene rings is 8. The second-order valence-electron chi connectivity index (χ2n) is 13.3. The van der Waals surface area contributed by atoms with Crippen LogP contribution in [0.2, 0.25) is 0 Å². The van der Waals surface area contributed by atoms with Gasteiger partial charge in [0.15, 0.2) is 23.1 Å². The van der Waals surface area contributed by atoms with E-state index in [1.54, 1.807) is 6.08 Å². The molecule has 8 aromatic rings. The van der Waals surface area contributed by atoms with Crippen LogP contribution in [-0.4, -0.2) is 11.6 Å². The van der Waals surface area contributed by atoms with Gasteiger partial charge in [-0.05, 0) is 111 Å². The molecule has 1 aliphatic heterocycles. The molecular formula is C48H29NO3. The van der Waals surface area contributed by atoms with E-state index in [9.17, 15) is 9.59 Å². The van der Waals surface area contributed by atoms with Gasteiger partial charge in [0.2, 0.25) is 0 Å². The molecule has 0 spiro atoms. The van der Waals surface area contributed by atoms with Gasteiger partial charge in [-0.1, -0.05) is 109 Å². The Bertz CT molecular complexity index is 2690. The molecule has 0 fully saturated rings. The molecule has 0 saturated heterocycles. The molecule has 0 N–H and O–H groups in total. The summed E-state index contributed by atoms with van der Waals surface area (Å²) >= 11 is 0. The van der Waals surface area contributed by atoms with Crippen LogP contribution in [0.4, 0.5) is 17.1 Å². The van der Waals surface area contributed by atoms with E-state index in [1.807, 2.05) is 84.9 Å². The minimum atomic E-state index is -0.237. The zero-order valence-electron chi connectivity index (χ0n) is 27.9. The number of anilines is 3. The van der Waals surface area contributed by atoms with Gasteiger partial charge in [-0.25, -0.2) is 0 Å². The lowest BCUT2D eigenvalue weighted by Gasteiger charge is -2.34. The highest BCUT2D eigenvalue weighted by atomic mass is 16.5. The van der Waals surface area contributed by atoms with E-state index in [4.69, 9.17) is 4.74 Å². The molecule has 52 heavy (non-hydrogen) atoms. The first-order valence-electron chi connectivity index (χ1n) is 17.3. The number of para-hydroxylation sites is 2. The molecule has 0 radical (unpaired) electrons. The number of Topliss-reactive ketones (excluding diaryl/α,β-unsaturated/α-hetero) is 2. The second-order valence-corrected chi connectivity index (χ2v) is 13.3. The number of ketones is 2. The summed E-state index contributed by atoms with van der Waals surface area (Å²) in [5, 5.41) is 3.76. The molecule has 0 saturated carbocycles. The van der Waals surface area contributed by atoms with Crippen LogP contribution < -0.4 is 9.64 Å². The van der Waals surface area contributed by atoms with Crippen molar-refractivity contribution >= 4 is 56.2 Å². The topological polar surface area (TPSA) is 46.6 Å². The first-order chi connectivity index (χ1) is 25.6. The Balaban J connectivity index is 1.09. The van der Waals surface area contributed by atoms with E-state index < -0.39 is 0 Å². The van der Waals surface area contributed by atoms with Crippen LogP contribution in [-0.2, 0) is 0 Å². The van der Waals surface area contributed by atoms with Crippen LogP contribution in [0.5, 0.6) is 11.5 Å². The number of nitrogens with zero attached hydrogens (tertiary/aromatic N) is 1. The molecule has 0 bridgehead atoms. The number of carbonyl (C=O) groups excluding carboxylic acids is 2. The molecule has 0 amide bonds. The summed E-state index contributed by atoms with van der Waals surface area (Å²) in [5.41, 5.74) is 9.29. The van der Waals surface area contributed by atoms with Crippen molar-refractivity contribution in [2.75, 3.05) is 4.90 Å². The summed E-state index contributed by atoms with van der Waals surface area (Å²) in [6.45, 7) is 0. The van der Waals surface area contributed by atoms with Crippen LogP contribution in [0.15, 0.2) is 175 Å². The van der Waals surface area contributed by atoms with Gasteiger partial charge in [-0.2, -0.15) is 0 Å². The average Bonchev–Trinajstić information content (AvgIpc) is 3.43. The highest BCUT2D eigenvalue weighted by Gasteiger charge is 2.34. The maximum atomic E-state index is 13.5. The fourth-order valence-corrected chi connectivity index (χ4v) is 7.57. The summed E-state index contributed by atoms with van der Waals surface area (Å²) < 4.78 is 6.69. The second kappa shape index (κ2) is 11.8. The molecule has 4 heteroatoms. The predicted octanol–water partition coefficient (Wildman–Crippen LogP) is 12.4. The lowest BCUT2D eigenvalue weighted by molar-refractivity contribution is 0.0990.